The van der Waals surface area contributed by atoms with E-state index in [4.69, 9.17) is 0 Å². The summed E-state index contributed by atoms with van der Waals surface area (Å²) in [6.45, 7) is 0. The normalized spacial score (nSPS) is 27.1. The monoisotopic (exact) mass is 562 g/mol. The van der Waals surface area contributed by atoms with Gasteiger partial charge < -0.3 is 40.9 Å². The Morgan fingerprint density at radius 3 is 0.487 bits per heavy atom. The lowest BCUT2D eigenvalue weighted by Crippen LogP contribution is -2.76. The lowest BCUT2D eigenvalue weighted by molar-refractivity contribution is -0.507. The molecule has 1 aliphatic rings. The van der Waals surface area contributed by atoms with Crippen LogP contribution in [-0.2, 0) is 0 Å². The van der Waals surface area contributed by atoms with Crippen LogP contribution in [0.1, 0.15) is 173 Å². The van der Waals surface area contributed by atoms with Gasteiger partial charge in [-0.25, -0.2) is 0 Å². The molecule has 39 heavy (non-hydrogen) atoms. The van der Waals surface area contributed by atoms with Crippen molar-refractivity contribution in [1.29, 1.82) is 0 Å². The topological polar surface area (TPSA) is 162 Å². The second kappa shape index (κ2) is 19.7. The van der Waals surface area contributed by atoms with Crippen molar-refractivity contribution in [2.24, 2.45) is 0 Å². The molecule has 0 aliphatic heterocycles. The van der Waals surface area contributed by atoms with E-state index in [9.17, 15) is 40.9 Å². The van der Waals surface area contributed by atoms with Gasteiger partial charge in [-0.3, -0.25) is 0 Å². The Morgan fingerprint density at radius 1 is 0.205 bits per heavy atom. The molecule has 0 heterocycles. The Hall–Kier alpha value is -0.320. The molecule has 0 spiro atoms. The van der Waals surface area contributed by atoms with E-state index < -0.39 is 36.0 Å². The van der Waals surface area contributed by atoms with Crippen LogP contribution in [0, 0.1) is 0 Å². The maximum atomic E-state index is 10.3. The summed E-state index contributed by atoms with van der Waals surface area (Å²) in [7, 11) is 0. The van der Waals surface area contributed by atoms with Crippen molar-refractivity contribution in [3.05, 3.63) is 0 Å². The summed E-state index contributed by atoms with van der Waals surface area (Å²) in [5.41, 5.74) is 0. The molecule has 0 aromatic carbocycles. The van der Waals surface area contributed by atoms with Gasteiger partial charge in [0.15, 0.2) is 0 Å². The van der Waals surface area contributed by atoms with Gasteiger partial charge in [0.2, 0.25) is 11.6 Å². The summed E-state index contributed by atoms with van der Waals surface area (Å²) in [6, 6.07) is 0. The molecule has 0 unspecified atom stereocenters. The zero-order chi connectivity index (χ0) is 29.1. The maximum absolute atomic E-state index is 10.3. The first kappa shape index (κ1) is 36.7. The third-order valence-corrected chi connectivity index (χ3v) is 8.65. The van der Waals surface area contributed by atoms with Crippen molar-refractivity contribution in [2.45, 2.75) is 197 Å². The average molecular weight is 563 g/mol. The quantitative estimate of drug-likeness (QED) is 0.186. The second-order valence-corrected chi connectivity index (χ2v) is 12.3. The van der Waals surface area contributed by atoms with E-state index in [2.05, 4.69) is 0 Å². The zero-order valence-electron chi connectivity index (χ0n) is 24.7. The van der Waals surface area contributed by atoms with Crippen LogP contribution in [0.4, 0.5) is 0 Å². The highest BCUT2D eigenvalue weighted by molar-refractivity contribution is 5.00. The first-order valence-corrected chi connectivity index (χ1v) is 16.2. The third kappa shape index (κ3) is 13.9. The predicted molar refractivity (Wildman–Crippen MR) is 153 cm³/mol. The van der Waals surface area contributed by atoms with E-state index in [1.54, 1.807) is 0 Å². The van der Waals surface area contributed by atoms with E-state index in [-0.39, 0.29) is 12.8 Å². The van der Waals surface area contributed by atoms with Crippen molar-refractivity contribution in [3.63, 3.8) is 0 Å². The van der Waals surface area contributed by atoms with E-state index >= 15 is 0 Å². The van der Waals surface area contributed by atoms with Crippen molar-refractivity contribution in [1.82, 2.24) is 0 Å². The fourth-order valence-electron chi connectivity index (χ4n) is 5.72. The Morgan fingerprint density at radius 2 is 0.333 bits per heavy atom. The van der Waals surface area contributed by atoms with Gasteiger partial charge in [0.25, 0.3) is 11.6 Å². The van der Waals surface area contributed by atoms with Gasteiger partial charge in [0.05, 0.1) is 0 Å². The molecule has 234 valence electrons. The molecule has 0 atom stereocenters. The highest BCUT2D eigenvalue weighted by Gasteiger charge is 2.69. The number of aliphatic hydroxyl groups is 8. The van der Waals surface area contributed by atoms with Crippen molar-refractivity contribution >= 4 is 0 Å². The number of hydrogen-bond acceptors (Lipinski definition) is 8. The molecule has 0 aromatic rings. The molecule has 0 amide bonds. The van der Waals surface area contributed by atoms with Crippen LogP contribution in [0.15, 0.2) is 0 Å². The van der Waals surface area contributed by atoms with Gasteiger partial charge >= 0.3 is 0 Å². The van der Waals surface area contributed by atoms with E-state index in [1.807, 2.05) is 0 Å². The first-order valence-electron chi connectivity index (χ1n) is 16.2. The minimum atomic E-state index is -3.97. The molecule has 0 radical (unpaired) electrons. The lowest BCUT2D eigenvalue weighted by Gasteiger charge is -2.47. The smallest absolute Gasteiger partial charge is 0.279 e. The first-order chi connectivity index (χ1) is 18.5. The summed E-state index contributed by atoms with van der Waals surface area (Å²) in [5, 5.41) is 82.3. The molecule has 1 rings (SSSR count). The van der Waals surface area contributed by atoms with Gasteiger partial charge in [0, 0.05) is 12.8 Å². The minimum Gasteiger partial charge on any atom is -0.361 e. The average Bonchev–Trinajstić information content (AvgIpc) is 2.87. The summed E-state index contributed by atoms with van der Waals surface area (Å²) in [4.78, 5) is 0. The standard InChI is InChI=1S/C31H62O8/c32-28(33)26-24-22-20-18-16-14-12-10-8-6-4-2-1-3-5-7-9-11-13-15-17-19-21-23-25-27-29(34,35)31(38,39)30(28,36)37/h32-39H,1-27H2. The van der Waals surface area contributed by atoms with Crippen LogP contribution in [0.2, 0.25) is 0 Å². The molecule has 0 bridgehead atoms. The summed E-state index contributed by atoms with van der Waals surface area (Å²) in [6.07, 6.45) is 25.8. The molecule has 1 fully saturated rings. The molecule has 0 aromatic heterocycles. The van der Waals surface area contributed by atoms with Gasteiger partial charge in [0.1, 0.15) is 0 Å². The van der Waals surface area contributed by atoms with Crippen molar-refractivity contribution in [2.75, 3.05) is 0 Å². The lowest BCUT2D eigenvalue weighted by atomic mass is 9.84. The second-order valence-electron chi connectivity index (χ2n) is 12.3. The molecule has 8 N–H and O–H groups in total. The maximum Gasteiger partial charge on any atom is 0.279 e. The summed E-state index contributed by atoms with van der Waals surface area (Å²) >= 11 is 0. The van der Waals surface area contributed by atoms with E-state index in [0.29, 0.717) is 12.8 Å². The highest BCUT2D eigenvalue weighted by Crippen LogP contribution is 2.39. The highest BCUT2D eigenvalue weighted by atomic mass is 16.7. The number of hydrogen-bond donors (Lipinski definition) is 8. The van der Waals surface area contributed by atoms with Gasteiger partial charge in [-0.1, -0.05) is 148 Å². The molecule has 8 heteroatoms. The molecular weight excluding hydrogens is 500 g/mol. The van der Waals surface area contributed by atoms with Crippen LogP contribution in [0.3, 0.4) is 0 Å². The van der Waals surface area contributed by atoms with Crippen LogP contribution in [0.25, 0.3) is 0 Å². The van der Waals surface area contributed by atoms with Crippen molar-refractivity contribution < 1.29 is 40.9 Å². The summed E-state index contributed by atoms with van der Waals surface area (Å²) in [5.74, 6) is -14.6. The van der Waals surface area contributed by atoms with Crippen LogP contribution in [-0.4, -0.2) is 64.0 Å². The molecule has 1 aliphatic carbocycles. The SMILES string of the molecule is OC1(O)CCCCCCCCCCCCCCCCCCCCCCCCCCCC(O)(O)C(O)(O)C1(O)O. The largest absolute Gasteiger partial charge is 0.361 e. The Labute approximate surface area is 237 Å². The fourth-order valence-corrected chi connectivity index (χ4v) is 5.72. The predicted octanol–water partition coefficient (Wildman–Crippen LogP) is 5.26. The van der Waals surface area contributed by atoms with Crippen LogP contribution < -0.4 is 0 Å². The summed E-state index contributed by atoms with van der Waals surface area (Å²) < 4.78 is 0. The number of rotatable bonds is 0. The molecular formula is C31H62O8. The van der Waals surface area contributed by atoms with E-state index in [1.165, 1.54) is 96.3 Å². The Bertz CT molecular complexity index is 541. The molecule has 1 saturated carbocycles. The fraction of sp³-hybridized carbons (Fsp3) is 1.00. The van der Waals surface area contributed by atoms with Crippen molar-refractivity contribution in [3.8, 4) is 0 Å². The Kier molecular flexibility index (Phi) is 18.6. The third-order valence-electron chi connectivity index (χ3n) is 8.65. The van der Waals surface area contributed by atoms with Gasteiger partial charge in [-0.05, 0) is 12.8 Å². The zero-order valence-corrected chi connectivity index (χ0v) is 24.7. The van der Waals surface area contributed by atoms with E-state index in [0.717, 1.165) is 38.5 Å². The molecule has 8 nitrogen and oxygen atoms in total. The van der Waals surface area contributed by atoms with Gasteiger partial charge in [-0.2, -0.15) is 0 Å². The van der Waals surface area contributed by atoms with Gasteiger partial charge in [-0.15, -0.1) is 0 Å². The van der Waals surface area contributed by atoms with Crippen LogP contribution in [0.5, 0.6) is 0 Å². The van der Waals surface area contributed by atoms with Crippen LogP contribution >= 0.6 is 0 Å². The Balaban J connectivity index is 2.54. The molecule has 0 saturated heterocycles. The minimum absolute atomic E-state index is 0.204.